The summed E-state index contributed by atoms with van der Waals surface area (Å²) in [5.41, 5.74) is 3.36. The first-order chi connectivity index (χ1) is 6.11. The molecular weight excluding hydrogens is 166 g/mol. The Balaban J connectivity index is 2.77. The topological polar surface area (TPSA) is 49.3 Å². The van der Waals surface area contributed by atoms with Crippen molar-refractivity contribution in [2.24, 2.45) is 0 Å². The van der Waals surface area contributed by atoms with Crippen molar-refractivity contribution in [2.75, 3.05) is 0 Å². The standard InChI is InChI=1S/C10H13NO2/c1-7-4-3-5-9(8(7)2)6-11-10(12)13/h3-5,11H,6H2,1-2H3,(H,12,13). The average molecular weight is 179 g/mol. The first kappa shape index (κ1) is 9.58. The predicted octanol–water partition coefficient (Wildman–Crippen LogP) is 2.07. The van der Waals surface area contributed by atoms with Crippen LogP contribution in [0.15, 0.2) is 18.2 Å². The molecule has 3 nitrogen and oxygen atoms in total. The van der Waals surface area contributed by atoms with Gasteiger partial charge in [0.15, 0.2) is 0 Å². The van der Waals surface area contributed by atoms with Crippen molar-refractivity contribution < 1.29 is 9.90 Å². The zero-order valence-electron chi connectivity index (χ0n) is 7.79. The molecule has 0 radical (unpaired) electrons. The Labute approximate surface area is 77.4 Å². The van der Waals surface area contributed by atoms with Crippen molar-refractivity contribution >= 4 is 6.09 Å². The minimum Gasteiger partial charge on any atom is -0.465 e. The van der Waals surface area contributed by atoms with Gasteiger partial charge in [0.25, 0.3) is 0 Å². The second-order valence-corrected chi connectivity index (χ2v) is 3.02. The highest BCUT2D eigenvalue weighted by Crippen LogP contribution is 2.11. The number of rotatable bonds is 2. The van der Waals surface area contributed by atoms with Crippen LogP contribution in [0, 0.1) is 13.8 Å². The van der Waals surface area contributed by atoms with E-state index in [-0.39, 0.29) is 0 Å². The molecule has 1 rings (SSSR count). The lowest BCUT2D eigenvalue weighted by molar-refractivity contribution is 0.194. The summed E-state index contributed by atoms with van der Waals surface area (Å²) in [6, 6.07) is 5.87. The maximum absolute atomic E-state index is 10.3. The molecule has 0 saturated heterocycles. The molecule has 0 heterocycles. The van der Waals surface area contributed by atoms with Gasteiger partial charge in [0, 0.05) is 6.54 Å². The Bertz CT molecular complexity index is 321. The molecule has 0 unspecified atom stereocenters. The molecule has 0 spiro atoms. The van der Waals surface area contributed by atoms with E-state index in [1.54, 1.807) is 0 Å². The van der Waals surface area contributed by atoms with E-state index in [9.17, 15) is 4.79 Å². The molecule has 2 N–H and O–H groups in total. The van der Waals surface area contributed by atoms with E-state index in [4.69, 9.17) is 5.11 Å². The van der Waals surface area contributed by atoms with Crippen LogP contribution in [-0.2, 0) is 6.54 Å². The van der Waals surface area contributed by atoms with Crippen molar-refractivity contribution in [3.8, 4) is 0 Å². The van der Waals surface area contributed by atoms with Crippen LogP contribution in [0.2, 0.25) is 0 Å². The number of carbonyl (C=O) groups is 1. The van der Waals surface area contributed by atoms with Crippen LogP contribution in [0.1, 0.15) is 16.7 Å². The number of benzene rings is 1. The van der Waals surface area contributed by atoms with Crippen LogP contribution in [-0.4, -0.2) is 11.2 Å². The van der Waals surface area contributed by atoms with Crippen molar-refractivity contribution in [1.29, 1.82) is 0 Å². The molecule has 0 aliphatic heterocycles. The zero-order valence-corrected chi connectivity index (χ0v) is 7.79. The molecule has 1 amide bonds. The van der Waals surface area contributed by atoms with Crippen LogP contribution in [0.4, 0.5) is 4.79 Å². The van der Waals surface area contributed by atoms with E-state index >= 15 is 0 Å². The molecule has 0 aliphatic rings. The van der Waals surface area contributed by atoms with Crippen molar-refractivity contribution in [2.45, 2.75) is 20.4 Å². The number of amides is 1. The molecule has 1 aromatic rings. The van der Waals surface area contributed by atoms with Crippen LogP contribution >= 0.6 is 0 Å². The zero-order chi connectivity index (χ0) is 9.84. The Hall–Kier alpha value is -1.51. The average Bonchev–Trinajstić information content (AvgIpc) is 2.07. The second-order valence-electron chi connectivity index (χ2n) is 3.02. The van der Waals surface area contributed by atoms with E-state index in [1.165, 1.54) is 5.56 Å². The lowest BCUT2D eigenvalue weighted by atomic mass is 10.0. The van der Waals surface area contributed by atoms with Gasteiger partial charge in [-0.2, -0.15) is 0 Å². The first-order valence-electron chi connectivity index (χ1n) is 4.13. The van der Waals surface area contributed by atoms with Crippen LogP contribution in [0.3, 0.4) is 0 Å². The van der Waals surface area contributed by atoms with Crippen molar-refractivity contribution in [3.63, 3.8) is 0 Å². The minimum atomic E-state index is -0.985. The van der Waals surface area contributed by atoms with E-state index in [0.717, 1.165) is 11.1 Å². The van der Waals surface area contributed by atoms with Gasteiger partial charge in [-0.15, -0.1) is 0 Å². The van der Waals surface area contributed by atoms with Gasteiger partial charge in [-0.05, 0) is 30.5 Å². The molecule has 1 aromatic carbocycles. The fraction of sp³-hybridized carbons (Fsp3) is 0.300. The molecule has 13 heavy (non-hydrogen) atoms. The summed E-state index contributed by atoms with van der Waals surface area (Å²) in [5, 5.41) is 10.8. The summed E-state index contributed by atoms with van der Waals surface area (Å²) in [5.74, 6) is 0. The maximum atomic E-state index is 10.3. The van der Waals surface area contributed by atoms with E-state index in [0.29, 0.717) is 6.54 Å². The summed E-state index contributed by atoms with van der Waals surface area (Å²) in [6.07, 6.45) is -0.985. The third kappa shape index (κ3) is 2.47. The number of hydrogen-bond donors (Lipinski definition) is 2. The molecule has 0 saturated carbocycles. The molecular formula is C10H13NO2. The third-order valence-corrected chi connectivity index (χ3v) is 2.15. The summed E-state index contributed by atoms with van der Waals surface area (Å²) >= 11 is 0. The monoisotopic (exact) mass is 179 g/mol. The summed E-state index contributed by atoms with van der Waals surface area (Å²) in [4.78, 5) is 10.3. The van der Waals surface area contributed by atoms with Crippen LogP contribution < -0.4 is 5.32 Å². The quantitative estimate of drug-likeness (QED) is 0.730. The normalized spacial score (nSPS) is 9.69. The molecule has 3 heteroatoms. The fourth-order valence-electron chi connectivity index (χ4n) is 1.17. The van der Waals surface area contributed by atoms with Gasteiger partial charge < -0.3 is 10.4 Å². The molecule has 70 valence electrons. The van der Waals surface area contributed by atoms with Gasteiger partial charge >= 0.3 is 6.09 Å². The lowest BCUT2D eigenvalue weighted by Crippen LogP contribution is -2.20. The Morgan fingerprint density at radius 1 is 1.46 bits per heavy atom. The van der Waals surface area contributed by atoms with Gasteiger partial charge in [0.05, 0.1) is 0 Å². The Kier molecular flexibility index (Phi) is 2.90. The fourth-order valence-corrected chi connectivity index (χ4v) is 1.17. The summed E-state index contributed by atoms with van der Waals surface area (Å²) in [7, 11) is 0. The Morgan fingerprint density at radius 2 is 2.15 bits per heavy atom. The molecule has 0 aliphatic carbocycles. The highest BCUT2D eigenvalue weighted by Gasteiger charge is 2.01. The Morgan fingerprint density at radius 3 is 2.77 bits per heavy atom. The minimum absolute atomic E-state index is 0.378. The number of carboxylic acid groups (broad SMARTS) is 1. The number of nitrogens with one attached hydrogen (secondary N) is 1. The smallest absolute Gasteiger partial charge is 0.404 e. The van der Waals surface area contributed by atoms with Gasteiger partial charge in [-0.3, -0.25) is 0 Å². The molecule has 0 bridgehead atoms. The van der Waals surface area contributed by atoms with Crippen molar-refractivity contribution in [1.82, 2.24) is 5.32 Å². The van der Waals surface area contributed by atoms with Gasteiger partial charge in [-0.25, -0.2) is 4.79 Å². The van der Waals surface area contributed by atoms with E-state index < -0.39 is 6.09 Å². The van der Waals surface area contributed by atoms with E-state index in [1.807, 2.05) is 32.0 Å². The first-order valence-corrected chi connectivity index (χ1v) is 4.13. The summed E-state index contributed by atoms with van der Waals surface area (Å²) < 4.78 is 0. The third-order valence-electron chi connectivity index (χ3n) is 2.15. The number of hydrogen-bond acceptors (Lipinski definition) is 1. The van der Waals surface area contributed by atoms with Crippen molar-refractivity contribution in [3.05, 3.63) is 34.9 Å². The SMILES string of the molecule is Cc1cccc(CNC(=O)O)c1C. The van der Waals surface area contributed by atoms with Gasteiger partial charge in [0.2, 0.25) is 0 Å². The maximum Gasteiger partial charge on any atom is 0.404 e. The van der Waals surface area contributed by atoms with Crippen LogP contribution in [0.25, 0.3) is 0 Å². The van der Waals surface area contributed by atoms with E-state index in [2.05, 4.69) is 5.32 Å². The lowest BCUT2D eigenvalue weighted by Gasteiger charge is -2.07. The largest absolute Gasteiger partial charge is 0.465 e. The number of aryl methyl sites for hydroxylation is 1. The van der Waals surface area contributed by atoms with Gasteiger partial charge in [-0.1, -0.05) is 18.2 Å². The van der Waals surface area contributed by atoms with Crippen LogP contribution in [0.5, 0.6) is 0 Å². The highest BCUT2D eigenvalue weighted by atomic mass is 16.4. The highest BCUT2D eigenvalue weighted by molar-refractivity contribution is 5.64. The molecule has 0 atom stereocenters. The molecule has 0 fully saturated rings. The second kappa shape index (κ2) is 3.94. The predicted molar refractivity (Wildman–Crippen MR) is 50.8 cm³/mol. The summed E-state index contributed by atoms with van der Waals surface area (Å²) in [6.45, 7) is 4.39. The van der Waals surface area contributed by atoms with Gasteiger partial charge in [0.1, 0.15) is 0 Å². The molecule has 0 aromatic heterocycles.